The Bertz CT molecular complexity index is 945. The van der Waals surface area contributed by atoms with E-state index >= 15 is 0 Å². The zero-order chi connectivity index (χ0) is 19.8. The monoisotopic (exact) mass is 391 g/mol. The highest BCUT2D eigenvalue weighted by molar-refractivity contribution is 5.79. The molecular formula is C23H26FN5. The first-order valence-corrected chi connectivity index (χ1v) is 10.4. The van der Waals surface area contributed by atoms with E-state index in [2.05, 4.69) is 26.3 Å². The van der Waals surface area contributed by atoms with Gasteiger partial charge in [-0.2, -0.15) is 0 Å². The van der Waals surface area contributed by atoms with Crippen LogP contribution >= 0.6 is 0 Å². The Hall–Kier alpha value is -2.60. The molecule has 5 nitrogen and oxygen atoms in total. The molecule has 0 amide bonds. The van der Waals surface area contributed by atoms with E-state index in [1.807, 2.05) is 24.5 Å². The SMILES string of the molecule is N=CC1=C(NC2=CC=C(F)CC2)C=C2CCN3CCC(c4ncccn4)C2(C1)C3. The Balaban J connectivity index is 1.52. The van der Waals surface area contributed by atoms with E-state index in [4.69, 9.17) is 5.41 Å². The molecule has 0 saturated carbocycles. The second-order valence-corrected chi connectivity index (χ2v) is 8.49. The van der Waals surface area contributed by atoms with Crippen LogP contribution < -0.4 is 5.32 Å². The number of allylic oxidation sites excluding steroid dienone is 6. The summed E-state index contributed by atoms with van der Waals surface area (Å²) < 4.78 is 13.4. The van der Waals surface area contributed by atoms with Gasteiger partial charge in [-0.25, -0.2) is 14.4 Å². The number of hydrogen-bond acceptors (Lipinski definition) is 5. The second kappa shape index (κ2) is 7.34. The molecule has 2 aliphatic heterocycles. The third kappa shape index (κ3) is 3.25. The molecule has 1 aromatic heterocycles. The number of nitrogens with one attached hydrogen (secondary N) is 2. The summed E-state index contributed by atoms with van der Waals surface area (Å²) in [6, 6.07) is 1.87. The summed E-state index contributed by atoms with van der Waals surface area (Å²) >= 11 is 0. The second-order valence-electron chi connectivity index (χ2n) is 8.49. The van der Waals surface area contributed by atoms with Gasteiger partial charge in [0.1, 0.15) is 11.7 Å². The Kier molecular flexibility index (Phi) is 4.66. The van der Waals surface area contributed by atoms with E-state index in [1.165, 1.54) is 17.9 Å². The van der Waals surface area contributed by atoms with Gasteiger partial charge in [0.05, 0.1) is 0 Å². The summed E-state index contributed by atoms with van der Waals surface area (Å²) in [6.07, 6.45) is 14.8. The van der Waals surface area contributed by atoms with Gasteiger partial charge in [0.15, 0.2) is 0 Å². The first-order chi connectivity index (χ1) is 14.2. The summed E-state index contributed by atoms with van der Waals surface area (Å²) in [5.41, 5.74) is 4.42. The molecule has 1 spiro atoms. The molecule has 0 aromatic carbocycles. The van der Waals surface area contributed by atoms with Gasteiger partial charge in [0.25, 0.3) is 0 Å². The van der Waals surface area contributed by atoms with Crippen LogP contribution in [0, 0.1) is 10.8 Å². The molecule has 2 saturated heterocycles. The molecule has 2 fully saturated rings. The summed E-state index contributed by atoms with van der Waals surface area (Å²) in [7, 11) is 0. The Morgan fingerprint density at radius 1 is 1.17 bits per heavy atom. The van der Waals surface area contributed by atoms with Gasteiger partial charge >= 0.3 is 0 Å². The molecule has 5 rings (SSSR count). The number of aromatic nitrogens is 2. The minimum Gasteiger partial charge on any atom is -0.359 e. The van der Waals surface area contributed by atoms with Crippen LogP contribution in [0.2, 0.25) is 0 Å². The molecular weight excluding hydrogens is 365 g/mol. The van der Waals surface area contributed by atoms with Gasteiger partial charge in [0.2, 0.25) is 0 Å². The van der Waals surface area contributed by atoms with E-state index in [0.717, 1.165) is 61.7 Å². The molecule has 29 heavy (non-hydrogen) atoms. The predicted octanol–water partition coefficient (Wildman–Crippen LogP) is 4.01. The normalized spacial score (nSPS) is 31.3. The van der Waals surface area contributed by atoms with Crippen molar-refractivity contribution in [2.45, 2.75) is 38.0 Å². The lowest BCUT2D eigenvalue weighted by atomic mass is 9.58. The fraction of sp³-hybridized carbons (Fsp3) is 0.435. The first kappa shape index (κ1) is 18.4. The topological polar surface area (TPSA) is 64.9 Å². The summed E-state index contributed by atoms with van der Waals surface area (Å²) in [4.78, 5) is 11.8. The zero-order valence-electron chi connectivity index (χ0n) is 16.5. The average Bonchev–Trinajstić information content (AvgIpc) is 2.76. The predicted molar refractivity (Wildman–Crippen MR) is 111 cm³/mol. The van der Waals surface area contributed by atoms with Crippen LogP contribution in [-0.4, -0.2) is 40.7 Å². The standard InChI is InChI=1S/C23H26FN5/c24-18-2-4-19(5-3-18)28-21-12-17-6-10-29-11-7-20(22-26-8-1-9-27-22)23(17,15-29)13-16(21)14-25/h1-2,4,8-9,12,14,20,25,28H,3,5-7,10-11,13,15H2. The van der Waals surface area contributed by atoms with Gasteiger partial charge in [0, 0.05) is 60.8 Å². The quantitative estimate of drug-likeness (QED) is 0.761. The van der Waals surface area contributed by atoms with Crippen molar-refractivity contribution in [3.63, 3.8) is 0 Å². The number of piperidine rings is 2. The van der Waals surface area contributed by atoms with Crippen molar-refractivity contribution in [2.24, 2.45) is 5.41 Å². The molecule has 3 heterocycles. The van der Waals surface area contributed by atoms with Crippen molar-refractivity contribution in [3.8, 4) is 0 Å². The van der Waals surface area contributed by atoms with E-state index in [0.29, 0.717) is 12.8 Å². The first-order valence-electron chi connectivity index (χ1n) is 10.4. The molecule has 4 aliphatic rings. The maximum Gasteiger partial charge on any atom is 0.132 e. The Morgan fingerprint density at radius 2 is 2.03 bits per heavy atom. The molecule has 3 atom stereocenters. The van der Waals surface area contributed by atoms with E-state index in [-0.39, 0.29) is 17.2 Å². The van der Waals surface area contributed by atoms with E-state index in [9.17, 15) is 4.39 Å². The van der Waals surface area contributed by atoms with Crippen LogP contribution in [0.15, 0.2) is 65.1 Å². The van der Waals surface area contributed by atoms with Crippen molar-refractivity contribution in [3.05, 3.63) is 70.9 Å². The molecule has 0 radical (unpaired) electrons. The molecule has 3 unspecified atom stereocenters. The minimum absolute atomic E-state index is 0.0388. The van der Waals surface area contributed by atoms with Crippen molar-refractivity contribution in [1.29, 1.82) is 5.41 Å². The van der Waals surface area contributed by atoms with Gasteiger partial charge in [-0.05, 0) is 62.1 Å². The third-order valence-electron chi connectivity index (χ3n) is 6.88. The maximum atomic E-state index is 13.4. The number of fused-ring (bicyclic) bond motifs is 1. The lowest BCUT2D eigenvalue weighted by Crippen LogP contribution is -2.54. The number of rotatable bonds is 4. The Labute approximate surface area is 170 Å². The summed E-state index contributed by atoms with van der Waals surface area (Å²) in [5.74, 6) is 1.13. The number of hydrogen-bond donors (Lipinski definition) is 2. The van der Waals surface area contributed by atoms with Crippen molar-refractivity contribution in [2.75, 3.05) is 19.6 Å². The van der Waals surface area contributed by atoms with Crippen LogP contribution in [-0.2, 0) is 0 Å². The fourth-order valence-corrected chi connectivity index (χ4v) is 5.43. The van der Waals surface area contributed by atoms with Gasteiger partial charge in [-0.15, -0.1) is 0 Å². The molecule has 150 valence electrons. The molecule has 1 aromatic rings. The largest absolute Gasteiger partial charge is 0.359 e. The van der Waals surface area contributed by atoms with Crippen molar-refractivity contribution >= 4 is 6.21 Å². The smallest absolute Gasteiger partial charge is 0.132 e. The Morgan fingerprint density at radius 3 is 2.79 bits per heavy atom. The van der Waals surface area contributed by atoms with Crippen LogP contribution in [0.4, 0.5) is 4.39 Å². The van der Waals surface area contributed by atoms with Crippen LogP contribution in [0.3, 0.4) is 0 Å². The summed E-state index contributed by atoms with van der Waals surface area (Å²) in [6.45, 7) is 3.17. The highest BCUT2D eigenvalue weighted by atomic mass is 19.1. The molecule has 2 N–H and O–H groups in total. The summed E-state index contributed by atoms with van der Waals surface area (Å²) in [5, 5.41) is 11.6. The van der Waals surface area contributed by atoms with Gasteiger partial charge in [-0.3, -0.25) is 0 Å². The van der Waals surface area contributed by atoms with Gasteiger partial charge < -0.3 is 15.6 Å². The lowest BCUT2D eigenvalue weighted by Gasteiger charge is -2.54. The molecule has 2 aliphatic carbocycles. The highest BCUT2D eigenvalue weighted by Crippen LogP contribution is 2.55. The third-order valence-corrected chi connectivity index (χ3v) is 6.88. The average molecular weight is 391 g/mol. The number of halogens is 1. The van der Waals surface area contributed by atoms with Crippen molar-refractivity contribution < 1.29 is 4.39 Å². The molecule has 2 bridgehead atoms. The van der Waals surface area contributed by atoms with Crippen LogP contribution in [0.25, 0.3) is 0 Å². The van der Waals surface area contributed by atoms with Crippen LogP contribution in [0.1, 0.15) is 43.8 Å². The maximum absolute atomic E-state index is 13.4. The highest BCUT2D eigenvalue weighted by Gasteiger charge is 2.51. The van der Waals surface area contributed by atoms with Gasteiger partial charge in [-0.1, -0.05) is 5.57 Å². The van der Waals surface area contributed by atoms with E-state index in [1.54, 1.807) is 0 Å². The van der Waals surface area contributed by atoms with Crippen molar-refractivity contribution in [1.82, 2.24) is 20.2 Å². The van der Waals surface area contributed by atoms with Crippen LogP contribution in [0.5, 0.6) is 0 Å². The molecule has 6 heteroatoms. The zero-order valence-corrected chi connectivity index (χ0v) is 16.5. The lowest BCUT2D eigenvalue weighted by molar-refractivity contribution is 0.0578. The fourth-order valence-electron chi connectivity index (χ4n) is 5.43. The van der Waals surface area contributed by atoms with E-state index < -0.39 is 0 Å². The minimum atomic E-state index is -0.0713. The number of nitrogens with zero attached hydrogens (tertiary/aromatic N) is 3.